The van der Waals surface area contributed by atoms with Crippen LogP contribution >= 0.6 is 0 Å². The van der Waals surface area contributed by atoms with Crippen molar-refractivity contribution in [2.45, 2.75) is 206 Å². The molecule has 0 aliphatic rings. The van der Waals surface area contributed by atoms with Gasteiger partial charge in [0.1, 0.15) is 49.4 Å². The topological polar surface area (TPSA) is 6.48 Å². The molecule has 0 aliphatic heterocycles. The van der Waals surface area contributed by atoms with E-state index in [9.17, 15) is 0 Å². The van der Waals surface area contributed by atoms with Crippen LogP contribution in [0.25, 0.3) is 0 Å². The molecule has 0 aromatic rings. The first-order chi connectivity index (χ1) is 24.0. The van der Waals surface area contributed by atoms with Crippen LogP contribution in [0.1, 0.15) is 39.5 Å². The second kappa shape index (κ2) is 20.9. The average molecular weight is 878 g/mol. The third-order valence-electron chi connectivity index (χ3n) is 12.0. The Labute approximate surface area is 349 Å². The maximum atomic E-state index is 4.49. The quantitative estimate of drug-likeness (QED) is 0.0485. The highest BCUT2D eigenvalue weighted by Gasteiger charge is 2.48. The minimum atomic E-state index is -1.71. The van der Waals surface area contributed by atoms with Crippen LogP contribution in [-0.2, 0) is 0 Å². The van der Waals surface area contributed by atoms with Crippen LogP contribution in [0.5, 0.6) is 0 Å². The fourth-order valence-corrected chi connectivity index (χ4v) is 72.6. The van der Waals surface area contributed by atoms with E-state index in [4.69, 9.17) is 0 Å². The van der Waals surface area contributed by atoms with Gasteiger partial charge in [0.25, 0.3) is 0 Å². The molecule has 0 heterocycles. The van der Waals surface area contributed by atoms with Gasteiger partial charge in [-0.25, -0.2) is 0 Å². The van der Waals surface area contributed by atoms with Gasteiger partial charge in [-0.1, -0.05) is 203 Å². The van der Waals surface area contributed by atoms with Gasteiger partial charge in [0, 0.05) is 0 Å². The number of hydrogen-bond donors (Lipinski definition) is 0. The lowest BCUT2D eigenvalue weighted by Crippen LogP contribution is -2.70. The molecule has 0 radical (unpaired) electrons. The largest absolute Gasteiger partial charge is 0.369 e. The summed E-state index contributed by atoms with van der Waals surface area (Å²) in [5.74, 6) is 0. The Bertz CT molecular complexity index is 1300. The van der Waals surface area contributed by atoms with E-state index in [2.05, 4.69) is 191 Å². The minimum Gasteiger partial charge on any atom is -0.369 e. The Morgan fingerprint density at radius 1 is 0.556 bits per heavy atom. The first-order valence-electron chi connectivity index (χ1n) is 21.5. The van der Waals surface area contributed by atoms with Crippen LogP contribution in [-0.4, -0.2) is 73.4 Å². The Kier molecular flexibility index (Phi) is 20.9. The van der Waals surface area contributed by atoms with Crippen LogP contribution in [0.15, 0.2) is 72.9 Å². The van der Waals surface area contributed by atoms with Crippen LogP contribution in [0.2, 0.25) is 166 Å². The highest BCUT2D eigenvalue weighted by molar-refractivity contribution is 7.05. The summed E-state index contributed by atoms with van der Waals surface area (Å²) in [6, 6.07) is 8.29. The van der Waals surface area contributed by atoms with E-state index in [1.165, 1.54) is 59.4 Å². The molecular weight excluding hydrogens is 781 g/mol. The second-order valence-corrected chi connectivity index (χ2v) is 64.6. The SMILES string of the molecule is C=CC(=C)CCC(C(=C)C)[Si](C)(C)CC[Si](C)(C)N([Si](C)(C)C)[Si](C)(C)C/C=C(\C=C)CC/C=C(\C)C[Si](C)(C)CC[Si](C)(C)N([Si](C)(C)C)[Si](C)(C)C. The predicted octanol–water partition coefficient (Wildman–Crippen LogP) is 16.4. The van der Waals surface area contributed by atoms with Crippen molar-refractivity contribution in [1.82, 2.24) is 7.79 Å². The third-order valence-corrected chi connectivity index (χ3v) is 55.1. The van der Waals surface area contributed by atoms with Gasteiger partial charge < -0.3 is 7.79 Å². The second-order valence-electron chi connectivity index (χ2n) is 23.5. The lowest BCUT2D eigenvalue weighted by atomic mass is 10.1. The van der Waals surface area contributed by atoms with E-state index >= 15 is 0 Å². The Morgan fingerprint density at radius 3 is 1.44 bits per heavy atom. The molecule has 0 aromatic heterocycles. The van der Waals surface area contributed by atoms with E-state index in [0.717, 1.165) is 19.3 Å². The molecule has 10 heteroatoms. The summed E-state index contributed by atoms with van der Waals surface area (Å²) in [4.78, 5) is 0. The van der Waals surface area contributed by atoms with Crippen molar-refractivity contribution in [1.29, 1.82) is 0 Å². The van der Waals surface area contributed by atoms with Crippen molar-refractivity contribution < 1.29 is 0 Å². The molecule has 0 rings (SSSR count). The van der Waals surface area contributed by atoms with Gasteiger partial charge in [-0.3, -0.25) is 0 Å². The minimum absolute atomic E-state index is 0.642. The van der Waals surface area contributed by atoms with Crippen molar-refractivity contribution in [3.63, 3.8) is 0 Å². The summed E-state index contributed by atoms with van der Waals surface area (Å²) < 4.78 is 6.42. The standard InChI is InChI=1S/C44H96N2Si8/c1-26-41(5)31-32-44(40(3)4)51(18,19)36-38-54(24,25)46(49(13,14)15)52(20,21)34-33-43(27-2)30-28-29-42(6)39-50(16,17)35-37-53(22,23)45(47(7,8)9)48(10,11)12/h26-27,29,33,44H,1-3,5,28,30-32,34-39H2,4,6-25H3/b42-29+,43-33+. The lowest BCUT2D eigenvalue weighted by molar-refractivity contribution is 0.782. The van der Waals surface area contributed by atoms with E-state index in [1.807, 2.05) is 6.08 Å². The molecule has 314 valence electrons. The summed E-state index contributed by atoms with van der Waals surface area (Å²) in [5, 5.41) is 0. The lowest BCUT2D eigenvalue weighted by Gasteiger charge is -2.55. The van der Waals surface area contributed by atoms with Crippen molar-refractivity contribution in [3.8, 4) is 0 Å². The molecular formula is C44H96N2Si8. The van der Waals surface area contributed by atoms with Crippen LogP contribution < -0.4 is 0 Å². The smallest absolute Gasteiger partial charge is 0.112 e. The van der Waals surface area contributed by atoms with Crippen LogP contribution in [0, 0.1) is 0 Å². The summed E-state index contributed by atoms with van der Waals surface area (Å²) in [6.45, 7) is 71.7. The van der Waals surface area contributed by atoms with Crippen molar-refractivity contribution >= 4 is 65.6 Å². The number of rotatable bonds is 26. The average Bonchev–Trinajstić information content (AvgIpc) is 2.93. The van der Waals surface area contributed by atoms with Gasteiger partial charge in [-0.15, -0.1) is 6.58 Å². The van der Waals surface area contributed by atoms with Gasteiger partial charge in [0.05, 0.1) is 16.1 Å². The monoisotopic (exact) mass is 877 g/mol. The molecule has 0 aliphatic carbocycles. The van der Waals surface area contributed by atoms with E-state index in [1.54, 1.807) is 5.57 Å². The normalized spacial score (nSPS) is 15.5. The molecule has 2 nitrogen and oxygen atoms in total. The van der Waals surface area contributed by atoms with Crippen molar-refractivity contribution in [2.24, 2.45) is 0 Å². The molecule has 0 saturated heterocycles. The molecule has 0 fully saturated rings. The molecule has 1 atom stereocenters. The highest BCUT2D eigenvalue weighted by atomic mass is 28.5. The van der Waals surface area contributed by atoms with Crippen LogP contribution in [0.4, 0.5) is 0 Å². The van der Waals surface area contributed by atoms with Crippen molar-refractivity contribution in [2.75, 3.05) is 0 Å². The third kappa shape index (κ3) is 18.3. The van der Waals surface area contributed by atoms with Crippen molar-refractivity contribution in [3.05, 3.63) is 72.9 Å². The summed E-state index contributed by atoms with van der Waals surface area (Å²) in [6.07, 6.45) is 13.8. The Hall–Kier alpha value is 0.0951. The summed E-state index contributed by atoms with van der Waals surface area (Å²) in [5.41, 5.74) is 6.27. The summed E-state index contributed by atoms with van der Waals surface area (Å²) >= 11 is 0. The molecule has 0 N–H and O–H groups in total. The van der Waals surface area contributed by atoms with E-state index < -0.39 is 65.6 Å². The van der Waals surface area contributed by atoms with Gasteiger partial charge in [0.2, 0.25) is 0 Å². The van der Waals surface area contributed by atoms with E-state index in [-0.39, 0.29) is 0 Å². The fourth-order valence-electron chi connectivity index (χ4n) is 11.0. The molecule has 0 aromatic carbocycles. The molecule has 1 unspecified atom stereocenters. The first-order valence-corrected chi connectivity index (χ1v) is 48.0. The zero-order valence-corrected chi connectivity index (χ0v) is 48.7. The Balaban J connectivity index is 5.82. The van der Waals surface area contributed by atoms with Gasteiger partial charge in [-0.05, 0) is 69.2 Å². The maximum absolute atomic E-state index is 4.49. The van der Waals surface area contributed by atoms with Gasteiger partial charge >= 0.3 is 0 Å². The summed E-state index contributed by atoms with van der Waals surface area (Å²) in [7, 11) is -11.9. The first kappa shape index (κ1) is 54.1. The van der Waals surface area contributed by atoms with E-state index in [0.29, 0.717) is 5.54 Å². The zero-order valence-electron chi connectivity index (χ0n) is 40.7. The predicted molar refractivity (Wildman–Crippen MR) is 278 cm³/mol. The highest BCUT2D eigenvalue weighted by Crippen LogP contribution is 2.41. The molecule has 0 bridgehead atoms. The molecule has 0 spiro atoms. The Morgan fingerprint density at radius 2 is 1.02 bits per heavy atom. The number of hydrogen-bond acceptors (Lipinski definition) is 2. The number of allylic oxidation sites excluding steroid dienone is 8. The zero-order chi connectivity index (χ0) is 42.9. The fraction of sp³-hybridized carbons (Fsp3) is 0.727. The van der Waals surface area contributed by atoms with Gasteiger partial charge in [0.15, 0.2) is 0 Å². The van der Waals surface area contributed by atoms with Gasteiger partial charge in [-0.2, -0.15) is 0 Å². The number of nitrogens with zero attached hydrogens (tertiary/aromatic N) is 2. The molecule has 0 amide bonds. The van der Waals surface area contributed by atoms with Crippen LogP contribution in [0.3, 0.4) is 0 Å². The molecule has 54 heavy (non-hydrogen) atoms. The maximum Gasteiger partial charge on any atom is 0.112 e. The molecule has 0 saturated carbocycles.